The van der Waals surface area contributed by atoms with Gasteiger partial charge in [-0.2, -0.15) is 0 Å². The van der Waals surface area contributed by atoms with Gasteiger partial charge in [-0.15, -0.1) is 0 Å². The third-order valence-electron chi connectivity index (χ3n) is 3.99. The zero-order chi connectivity index (χ0) is 16.8. The lowest BCUT2D eigenvalue weighted by Crippen LogP contribution is -2.59. The number of hydrogen-bond acceptors (Lipinski definition) is 9. The molecule has 2 aliphatic heterocycles. The molecule has 0 saturated carbocycles. The lowest BCUT2D eigenvalue weighted by atomic mass is 9.99. The van der Waals surface area contributed by atoms with Crippen LogP contribution in [-0.2, 0) is 14.3 Å². The molecule has 0 amide bonds. The highest BCUT2D eigenvalue weighted by molar-refractivity contribution is 8.77. The Kier molecular flexibility index (Phi) is 7.93. The number of ether oxygens (including phenoxy) is 2. The predicted molar refractivity (Wildman–Crippen MR) is 86.8 cm³/mol. The molecule has 6 atom stereocenters. The van der Waals surface area contributed by atoms with Crippen LogP contribution in [0.1, 0.15) is 32.1 Å². The van der Waals surface area contributed by atoms with E-state index in [0.29, 0.717) is 11.7 Å². The van der Waals surface area contributed by atoms with Gasteiger partial charge in [0.05, 0.1) is 6.61 Å². The number of carbonyl (C=O) groups excluding carboxylic acids is 1. The molecule has 2 heterocycles. The molecule has 0 aromatic rings. The molecule has 2 fully saturated rings. The Morgan fingerprint density at radius 2 is 2.00 bits per heavy atom. The Morgan fingerprint density at radius 1 is 1.22 bits per heavy atom. The first-order valence-corrected chi connectivity index (χ1v) is 10.2. The van der Waals surface area contributed by atoms with Crippen molar-refractivity contribution in [2.75, 3.05) is 12.4 Å². The van der Waals surface area contributed by atoms with Crippen LogP contribution in [0.3, 0.4) is 0 Å². The summed E-state index contributed by atoms with van der Waals surface area (Å²) in [5, 5.41) is 39.0. The number of hydrogen-bond donors (Lipinski definition) is 4. The monoisotopic (exact) mass is 368 g/mol. The SMILES string of the molecule is O=C(CCCCC1CCSS1)O[C@@H]1C(O)[C@H](O)OC(CO)[C@H]1O. The first kappa shape index (κ1) is 19.3. The van der Waals surface area contributed by atoms with E-state index >= 15 is 0 Å². The Hall–Kier alpha value is -0.0300. The largest absolute Gasteiger partial charge is 0.456 e. The van der Waals surface area contributed by atoms with Gasteiger partial charge in [-0.1, -0.05) is 28.0 Å². The van der Waals surface area contributed by atoms with Gasteiger partial charge in [0.1, 0.15) is 18.3 Å². The van der Waals surface area contributed by atoms with Crippen LogP contribution >= 0.6 is 21.6 Å². The molecule has 0 bridgehead atoms. The average Bonchev–Trinajstić information content (AvgIpc) is 3.05. The third-order valence-corrected chi connectivity index (χ3v) is 7.00. The Balaban J connectivity index is 1.71. The van der Waals surface area contributed by atoms with Crippen LogP contribution in [0, 0.1) is 0 Å². The second-order valence-electron chi connectivity index (χ2n) is 5.76. The van der Waals surface area contributed by atoms with E-state index in [1.807, 2.05) is 21.6 Å². The molecule has 3 unspecified atom stereocenters. The van der Waals surface area contributed by atoms with Crippen LogP contribution in [0.25, 0.3) is 0 Å². The van der Waals surface area contributed by atoms with Crippen LogP contribution in [0.15, 0.2) is 0 Å². The van der Waals surface area contributed by atoms with Gasteiger partial charge in [0, 0.05) is 17.4 Å². The molecule has 0 aliphatic carbocycles. The fraction of sp³-hybridized carbons (Fsp3) is 0.929. The maximum atomic E-state index is 11.9. The maximum Gasteiger partial charge on any atom is 0.306 e. The second-order valence-corrected chi connectivity index (χ2v) is 8.55. The first-order valence-electron chi connectivity index (χ1n) is 7.81. The van der Waals surface area contributed by atoms with E-state index in [0.717, 1.165) is 12.8 Å². The summed E-state index contributed by atoms with van der Waals surface area (Å²) < 4.78 is 9.93. The first-order chi connectivity index (χ1) is 11.0. The fourth-order valence-electron chi connectivity index (χ4n) is 2.62. The Bertz CT molecular complexity index is 378. The molecule has 2 saturated heterocycles. The van der Waals surface area contributed by atoms with Crippen molar-refractivity contribution >= 4 is 27.6 Å². The highest BCUT2D eigenvalue weighted by Gasteiger charge is 2.45. The van der Waals surface area contributed by atoms with Crippen LogP contribution in [0.5, 0.6) is 0 Å². The number of aliphatic hydroxyl groups excluding tert-OH is 4. The van der Waals surface area contributed by atoms with E-state index in [-0.39, 0.29) is 6.42 Å². The smallest absolute Gasteiger partial charge is 0.306 e. The molecule has 0 aromatic heterocycles. The molecular formula is C14H24O7S2. The van der Waals surface area contributed by atoms with Crippen molar-refractivity contribution in [2.24, 2.45) is 0 Å². The van der Waals surface area contributed by atoms with Gasteiger partial charge in [0.2, 0.25) is 0 Å². The number of aliphatic hydroxyl groups is 4. The van der Waals surface area contributed by atoms with E-state index < -0.39 is 43.3 Å². The molecule has 7 nitrogen and oxygen atoms in total. The normalized spacial score (nSPS) is 37.7. The zero-order valence-electron chi connectivity index (χ0n) is 12.7. The molecule has 0 radical (unpaired) electrons. The third kappa shape index (κ3) is 5.48. The minimum Gasteiger partial charge on any atom is -0.456 e. The van der Waals surface area contributed by atoms with Crippen molar-refractivity contribution in [1.29, 1.82) is 0 Å². The van der Waals surface area contributed by atoms with E-state index in [9.17, 15) is 20.1 Å². The molecule has 2 rings (SSSR count). The van der Waals surface area contributed by atoms with Crippen molar-refractivity contribution in [3.63, 3.8) is 0 Å². The molecule has 0 spiro atoms. The van der Waals surface area contributed by atoms with Crippen molar-refractivity contribution in [1.82, 2.24) is 0 Å². The number of rotatable bonds is 7. The maximum absolute atomic E-state index is 11.9. The summed E-state index contributed by atoms with van der Waals surface area (Å²) in [5.74, 6) is 0.651. The van der Waals surface area contributed by atoms with E-state index in [1.54, 1.807) is 0 Å². The number of unbranched alkanes of at least 4 members (excludes halogenated alkanes) is 1. The van der Waals surface area contributed by atoms with Gasteiger partial charge in [0.15, 0.2) is 12.4 Å². The van der Waals surface area contributed by atoms with Crippen LogP contribution in [0.2, 0.25) is 0 Å². The van der Waals surface area contributed by atoms with E-state index in [1.165, 1.54) is 12.2 Å². The average molecular weight is 368 g/mol. The molecule has 2 aliphatic rings. The van der Waals surface area contributed by atoms with Crippen molar-refractivity contribution in [3.8, 4) is 0 Å². The standard InChI is InChI=1S/C14H24O7S2/c15-7-9-11(17)13(12(18)14(19)20-9)21-10(16)4-2-1-3-8-5-6-22-23-8/h8-9,11-15,17-19H,1-7H2/t8?,9?,11-,12?,13+,14-/m1/s1. The van der Waals surface area contributed by atoms with Crippen molar-refractivity contribution < 1.29 is 34.7 Å². The van der Waals surface area contributed by atoms with Gasteiger partial charge < -0.3 is 29.9 Å². The molecule has 23 heavy (non-hydrogen) atoms. The van der Waals surface area contributed by atoms with E-state index in [2.05, 4.69) is 0 Å². The topological polar surface area (TPSA) is 116 Å². The van der Waals surface area contributed by atoms with Crippen molar-refractivity contribution in [3.05, 3.63) is 0 Å². The van der Waals surface area contributed by atoms with Crippen molar-refractivity contribution in [2.45, 2.75) is 68.1 Å². The fourth-order valence-corrected chi connectivity index (χ4v) is 5.65. The summed E-state index contributed by atoms with van der Waals surface area (Å²) in [5.41, 5.74) is 0. The van der Waals surface area contributed by atoms with Gasteiger partial charge in [-0.3, -0.25) is 4.79 Å². The minimum absolute atomic E-state index is 0.196. The summed E-state index contributed by atoms with van der Waals surface area (Å²) >= 11 is 0. The van der Waals surface area contributed by atoms with Gasteiger partial charge in [-0.25, -0.2) is 0 Å². The number of carbonyl (C=O) groups is 1. The Morgan fingerprint density at radius 3 is 2.65 bits per heavy atom. The summed E-state index contributed by atoms with van der Waals surface area (Å²) in [6.07, 6.45) is -2.84. The highest BCUT2D eigenvalue weighted by atomic mass is 33.1. The van der Waals surface area contributed by atoms with Gasteiger partial charge in [-0.05, 0) is 19.3 Å². The molecule has 134 valence electrons. The van der Waals surface area contributed by atoms with Crippen LogP contribution < -0.4 is 0 Å². The summed E-state index contributed by atoms with van der Waals surface area (Å²) in [7, 11) is 3.79. The summed E-state index contributed by atoms with van der Waals surface area (Å²) in [6, 6.07) is 0. The molecule has 9 heteroatoms. The molecular weight excluding hydrogens is 344 g/mol. The quantitative estimate of drug-likeness (QED) is 0.281. The zero-order valence-corrected chi connectivity index (χ0v) is 14.4. The van der Waals surface area contributed by atoms with Crippen LogP contribution in [-0.4, -0.2) is 74.7 Å². The summed E-state index contributed by atoms with van der Waals surface area (Å²) in [6.45, 7) is -0.546. The Labute approximate surface area is 143 Å². The van der Waals surface area contributed by atoms with E-state index in [4.69, 9.17) is 14.6 Å². The highest BCUT2D eigenvalue weighted by Crippen LogP contribution is 2.39. The predicted octanol–water partition coefficient (Wildman–Crippen LogP) is 0.0436. The van der Waals surface area contributed by atoms with Gasteiger partial charge in [0.25, 0.3) is 0 Å². The second kappa shape index (κ2) is 9.45. The molecule has 4 N–H and O–H groups in total. The van der Waals surface area contributed by atoms with Crippen LogP contribution in [0.4, 0.5) is 0 Å². The minimum atomic E-state index is -1.61. The lowest BCUT2D eigenvalue weighted by Gasteiger charge is -2.39. The number of esters is 1. The summed E-state index contributed by atoms with van der Waals surface area (Å²) in [4.78, 5) is 11.9. The lowest BCUT2D eigenvalue weighted by molar-refractivity contribution is -0.289. The van der Waals surface area contributed by atoms with Gasteiger partial charge >= 0.3 is 5.97 Å². The molecule has 0 aromatic carbocycles.